The van der Waals surface area contributed by atoms with Gasteiger partial charge in [0, 0.05) is 65.7 Å². The zero-order chi connectivity index (χ0) is 42.5. The average Bonchev–Trinajstić information content (AvgIpc) is 3.99. The van der Waals surface area contributed by atoms with Crippen LogP contribution >= 0.6 is 0 Å². The number of methoxy groups -OCH3 is 2. The van der Waals surface area contributed by atoms with E-state index in [0.717, 1.165) is 78.0 Å². The van der Waals surface area contributed by atoms with Gasteiger partial charge in [0.2, 0.25) is 11.8 Å². The van der Waals surface area contributed by atoms with Crippen LogP contribution in [0.25, 0.3) is 50.4 Å². The summed E-state index contributed by atoms with van der Waals surface area (Å²) in [6, 6.07) is 7.01. The standard InChI is InChI=1S/C45H50N8O6/c1-10-29-24(3)33-17-34-26(5)31(12-14-42(54)46-21-43(55)52-41(45(57)59-9)16-28-22-53(7)23-47-28)39(50-34)20-40-32(13-15-44(56)58-8)27(6)36(51-40)19-38-30(11-2)25(4)35(49-38)18-37(29)48-33/h10-11,17-20,22-23,41,49,51H,1-2,12-16,21H2,3-9H3,(H,46,54)(H,52,55)/t41-/m0/s1. The molecule has 0 unspecified atom stereocenters. The average molecular weight is 799 g/mol. The van der Waals surface area contributed by atoms with E-state index < -0.39 is 17.9 Å². The minimum absolute atomic E-state index is 0.0540. The summed E-state index contributed by atoms with van der Waals surface area (Å²) in [5.74, 6) is -1.84. The van der Waals surface area contributed by atoms with E-state index >= 15 is 0 Å². The number of nitrogens with zero attached hydrogens (tertiary/aromatic N) is 4. The maximum Gasteiger partial charge on any atom is 0.328 e. The fourth-order valence-electron chi connectivity index (χ4n) is 7.50. The summed E-state index contributed by atoms with van der Waals surface area (Å²) in [6.07, 6.45) is 8.09. The number of nitrogens with one attached hydrogen (secondary N) is 4. The van der Waals surface area contributed by atoms with Crippen molar-refractivity contribution in [1.82, 2.24) is 40.1 Å². The molecular formula is C45H50N8O6. The number of fused-ring (bicyclic) bond motifs is 8. The highest BCUT2D eigenvalue weighted by Crippen LogP contribution is 2.37. The van der Waals surface area contributed by atoms with Crippen molar-refractivity contribution in [2.24, 2.45) is 7.05 Å². The van der Waals surface area contributed by atoms with Crippen LogP contribution in [-0.4, -0.2) is 80.0 Å². The van der Waals surface area contributed by atoms with Crippen LogP contribution in [0.2, 0.25) is 0 Å². The molecule has 2 aliphatic heterocycles. The molecule has 8 bridgehead atoms. The van der Waals surface area contributed by atoms with Gasteiger partial charge in [-0.05, 0) is 98.2 Å². The molecular weight excluding hydrogens is 749 g/mol. The van der Waals surface area contributed by atoms with Gasteiger partial charge in [0.15, 0.2) is 0 Å². The molecule has 0 saturated carbocycles. The third kappa shape index (κ3) is 9.01. The van der Waals surface area contributed by atoms with E-state index in [1.807, 2.05) is 64.1 Å². The molecule has 0 aliphatic carbocycles. The van der Waals surface area contributed by atoms with E-state index in [2.05, 4.69) is 38.7 Å². The minimum atomic E-state index is -0.971. The molecule has 14 heteroatoms. The molecule has 0 fully saturated rings. The first kappa shape index (κ1) is 41.8. The lowest BCUT2D eigenvalue weighted by molar-refractivity contribution is -0.145. The maximum atomic E-state index is 13.3. The largest absolute Gasteiger partial charge is 0.469 e. The molecule has 0 spiro atoms. The Balaban J connectivity index is 1.37. The first-order valence-electron chi connectivity index (χ1n) is 19.3. The topological polar surface area (TPSA) is 186 Å². The second-order valence-corrected chi connectivity index (χ2v) is 14.7. The van der Waals surface area contributed by atoms with Crippen LogP contribution in [0.5, 0.6) is 0 Å². The monoisotopic (exact) mass is 798 g/mol. The van der Waals surface area contributed by atoms with Crippen molar-refractivity contribution < 1.29 is 28.7 Å². The van der Waals surface area contributed by atoms with Crippen LogP contribution in [0.15, 0.2) is 56.0 Å². The molecule has 59 heavy (non-hydrogen) atoms. The molecule has 6 heterocycles. The molecule has 2 amide bonds. The highest BCUT2D eigenvalue weighted by molar-refractivity contribution is 5.99. The lowest BCUT2D eigenvalue weighted by atomic mass is 9.99. The highest BCUT2D eigenvalue weighted by atomic mass is 16.5. The van der Waals surface area contributed by atoms with Crippen LogP contribution in [-0.2, 0) is 48.5 Å². The Hall–Kier alpha value is -6.83. The van der Waals surface area contributed by atoms with Crippen LogP contribution < -0.4 is 10.6 Å². The number of rotatable bonds is 14. The number of carbonyl (C=O) groups excluding carboxylic acids is 4. The number of carbonyl (C=O) groups is 4. The number of amides is 2. The molecule has 2 aliphatic rings. The Labute approximate surface area is 342 Å². The van der Waals surface area contributed by atoms with Crippen molar-refractivity contribution in [3.05, 3.63) is 107 Å². The molecule has 0 radical (unpaired) electrons. The Kier molecular flexibility index (Phi) is 12.6. The van der Waals surface area contributed by atoms with Gasteiger partial charge < -0.3 is 34.6 Å². The second-order valence-electron chi connectivity index (χ2n) is 14.7. The predicted molar refractivity (Wildman–Crippen MR) is 229 cm³/mol. The predicted octanol–water partition coefficient (Wildman–Crippen LogP) is 6.26. The summed E-state index contributed by atoms with van der Waals surface area (Å²) in [5.41, 5.74) is 14.3. The van der Waals surface area contributed by atoms with Crippen molar-refractivity contribution in [3.63, 3.8) is 0 Å². The van der Waals surface area contributed by atoms with E-state index in [-0.39, 0.29) is 37.7 Å². The smallest absolute Gasteiger partial charge is 0.328 e. The Morgan fingerprint density at radius 1 is 0.797 bits per heavy atom. The van der Waals surface area contributed by atoms with E-state index in [1.165, 1.54) is 14.2 Å². The molecule has 4 aromatic rings. The van der Waals surface area contributed by atoms with E-state index in [0.29, 0.717) is 29.9 Å². The number of H-pyrrole nitrogens is 2. The molecule has 0 aromatic carbocycles. The number of imidazole rings is 1. The van der Waals surface area contributed by atoms with E-state index in [1.54, 1.807) is 24.1 Å². The van der Waals surface area contributed by atoms with Crippen LogP contribution in [0.3, 0.4) is 0 Å². The van der Waals surface area contributed by atoms with Gasteiger partial charge in [0.25, 0.3) is 0 Å². The molecule has 4 aromatic heterocycles. The zero-order valence-corrected chi connectivity index (χ0v) is 34.6. The quantitative estimate of drug-likeness (QED) is 0.107. The molecule has 4 N–H and O–H groups in total. The number of ether oxygens (including phenoxy) is 2. The summed E-state index contributed by atoms with van der Waals surface area (Å²) < 4.78 is 11.6. The van der Waals surface area contributed by atoms with Gasteiger partial charge in [-0.1, -0.05) is 25.3 Å². The van der Waals surface area contributed by atoms with Crippen molar-refractivity contribution in [2.45, 2.75) is 65.8 Å². The van der Waals surface area contributed by atoms with Gasteiger partial charge in [-0.3, -0.25) is 14.4 Å². The van der Waals surface area contributed by atoms with Crippen molar-refractivity contribution in [2.75, 3.05) is 20.8 Å². The van der Waals surface area contributed by atoms with Gasteiger partial charge in [-0.25, -0.2) is 19.7 Å². The van der Waals surface area contributed by atoms with Gasteiger partial charge in [-0.15, -0.1) is 0 Å². The zero-order valence-electron chi connectivity index (χ0n) is 34.6. The molecule has 1 atom stereocenters. The minimum Gasteiger partial charge on any atom is -0.469 e. The lowest BCUT2D eigenvalue weighted by Crippen LogP contribution is -2.47. The van der Waals surface area contributed by atoms with Gasteiger partial charge >= 0.3 is 11.9 Å². The van der Waals surface area contributed by atoms with Crippen molar-refractivity contribution >= 4 is 74.2 Å². The Bertz CT molecular complexity index is 2620. The molecule has 14 nitrogen and oxygen atoms in total. The van der Waals surface area contributed by atoms with Crippen LogP contribution in [0.4, 0.5) is 0 Å². The number of allylic oxidation sites excluding steroid dienone is 5. The molecule has 6 rings (SSSR count). The Morgan fingerprint density at radius 3 is 2.17 bits per heavy atom. The fourth-order valence-corrected chi connectivity index (χ4v) is 7.50. The van der Waals surface area contributed by atoms with Gasteiger partial charge in [-0.2, -0.15) is 0 Å². The van der Waals surface area contributed by atoms with Crippen molar-refractivity contribution in [1.29, 1.82) is 0 Å². The summed E-state index contributed by atoms with van der Waals surface area (Å²) in [6.45, 7) is 15.9. The third-order valence-corrected chi connectivity index (χ3v) is 10.9. The van der Waals surface area contributed by atoms with E-state index in [4.69, 9.17) is 19.4 Å². The first-order chi connectivity index (χ1) is 28.2. The maximum absolute atomic E-state index is 13.3. The van der Waals surface area contributed by atoms with Gasteiger partial charge in [0.05, 0.1) is 55.6 Å². The van der Waals surface area contributed by atoms with E-state index in [9.17, 15) is 19.2 Å². The molecule has 0 saturated heterocycles. The number of aryl methyl sites for hydroxylation is 4. The number of aromatic amines is 2. The van der Waals surface area contributed by atoms with Crippen LogP contribution in [0, 0.1) is 13.8 Å². The van der Waals surface area contributed by atoms with Crippen molar-refractivity contribution in [3.8, 4) is 0 Å². The first-order valence-corrected chi connectivity index (χ1v) is 19.3. The van der Waals surface area contributed by atoms with Crippen LogP contribution in [0.1, 0.15) is 83.8 Å². The SMILES string of the molecule is C=CC1=C(C)c2cc3nc(cc4[nH]c(cc5[nH]c(cc1n2)c(C)c5C=C)c(C)c4CCC(=O)OC)C(CCC(=O)NCC(=O)N[C@@H](Cc1cn(C)cn1)C(=O)OC)=C3C. The second kappa shape index (κ2) is 17.8. The third-order valence-electron chi connectivity index (χ3n) is 10.9. The normalized spacial score (nSPS) is 12.9. The highest BCUT2D eigenvalue weighted by Gasteiger charge is 2.25. The summed E-state index contributed by atoms with van der Waals surface area (Å²) >= 11 is 0. The number of hydrogen-bond donors (Lipinski definition) is 4. The Morgan fingerprint density at radius 2 is 1.49 bits per heavy atom. The fraction of sp³-hybridized carbons (Fsp3) is 0.311. The summed E-state index contributed by atoms with van der Waals surface area (Å²) in [4.78, 5) is 72.5. The lowest BCUT2D eigenvalue weighted by Gasteiger charge is -2.16. The number of esters is 2. The number of aromatic nitrogens is 6. The summed E-state index contributed by atoms with van der Waals surface area (Å²) in [7, 11) is 4.43. The molecule has 306 valence electrons. The number of hydrogen-bond acceptors (Lipinski definition) is 9. The van der Waals surface area contributed by atoms with Gasteiger partial charge in [0.1, 0.15) is 6.04 Å². The summed E-state index contributed by atoms with van der Waals surface area (Å²) in [5, 5.41) is 5.33.